The summed E-state index contributed by atoms with van der Waals surface area (Å²) >= 11 is 0. The first-order valence-electron chi connectivity index (χ1n) is 5.99. The molecule has 1 amide bonds. The van der Waals surface area contributed by atoms with Gasteiger partial charge in [-0.05, 0) is 37.1 Å². The molecule has 0 radical (unpaired) electrons. The van der Waals surface area contributed by atoms with Crippen LogP contribution < -0.4 is 5.32 Å². The van der Waals surface area contributed by atoms with Crippen molar-refractivity contribution in [2.75, 3.05) is 13.6 Å². The van der Waals surface area contributed by atoms with E-state index in [1.54, 1.807) is 0 Å². The molecule has 0 spiro atoms. The molecule has 1 fully saturated rings. The average Bonchev–Trinajstić information content (AvgIpc) is 2.88. The SMILES string of the molecule is CNC(=O)C1CCCN1S(=O)(=O)c1ccc(O)cc1. The number of likely N-dealkylation sites (N-methyl/N-ethyl adjacent to an activating group) is 1. The fourth-order valence-corrected chi connectivity index (χ4v) is 3.87. The molecule has 1 saturated heterocycles. The van der Waals surface area contributed by atoms with Crippen molar-refractivity contribution in [3.05, 3.63) is 24.3 Å². The molecule has 1 heterocycles. The summed E-state index contributed by atoms with van der Waals surface area (Å²) in [7, 11) is -2.21. The third-order valence-electron chi connectivity index (χ3n) is 3.20. The second kappa shape index (κ2) is 5.18. The lowest BCUT2D eigenvalue weighted by atomic mass is 10.2. The van der Waals surface area contributed by atoms with Gasteiger partial charge in [0, 0.05) is 13.6 Å². The monoisotopic (exact) mass is 284 g/mol. The minimum atomic E-state index is -3.70. The van der Waals surface area contributed by atoms with Crippen LogP contribution in [0.15, 0.2) is 29.2 Å². The first kappa shape index (κ1) is 13.8. The van der Waals surface area contributed by atoms with Gasteiger partial charge in [-0.1, -0.05) is 0 Å². The lowest BCUT2D eigenvalue weighted by Gasteiger charge is -2.22. The van der Waals surface area contributed by atoms with Crippen LogP contribution in [0.3, 0.4) is 0 Å². The Morgan fingerprint density at radius 3 is 2.58 bits per heavy atom. The number of hydrogen-bond acceptors (Lipinski definition) is 4. The highest BCUT2D eigenvalue weighted by Gasteiger charge is 2.38. The fraction of sp³-hybridized carbons (Fsp3) is 0.417. The van der Waals surface area contributed by atoms with Gasteiger partial charge in [0.05, 0.1) is 4.90 Å². The largest absolute Gasteiger partial charge is 0.508 e. The molecule has 104 valence electrons. The van der Waals surface area contributed by atoms with E-state index >= 15 is 0 Å². The number of hydrogen-bond donors (Lipinski definition) is 2. The molecule has 1 unspecified atom stereocenters. The first-order chi connectivity index (χ1) is 8.96. The van der Waals surface area contributed by atoms with Crippen molar-refractivity contribution >= 4 is 15.9 Å². The predicted octanol–water partition coefficient (Wildman–Crippen LogP) is 0.291. The van der Waals surface area contributed by atoms with Gasteiger partial charge in [0.2, 0.25) is 15.9 Å². The summed E-state index contributed by atoms with van der Waals surface area (Å²) in [6.45, 7) is 0.335. The predicted molar refractivity (Wildman–Crippen MR) is 69.1 cm³/mol. The Bertz CT molecular complexity index is 568. The van der Waals surface area contributed by atoms with Gasteiger partial charge in [-0.2, -0.15) is 4.31 Å². The molecule has 1 aliphatic rings. The summed E-state index contributed by atoms with van der Waals surface area (Å²) in [5, 5.41) is 11.7. The van der Waals surface area contributed by atoms with Crippen molar-refractivity contribution in [3.63, 3.8) is 0 Å². The number of benzene rings is 1. The third-order valence-corrected chi connectivity index (χ3v) is 5.12. The van der Waals surface area contributed by atoms with E-state index in [9.17, 15) is 18.3 Å². The number of amides is 1. The molecule has 2 N–H and O–H groups in total. The van der Waals surface area contributed by atoms with E-state index in [0.717, 1.165) is 0 Å². The second-order valence-electron chi connectivity index (χ2n) is 4.38. The Hall–Kier alpha value is -1.60. The van der Waals surface area contributed by atoms with Crippen molar-refractivity contribution in [1.29, 1.82) is 0 Å². The summed E-state index contributed by atoms with van der Waals surface area (Å²) < 4.78 is 26.1. The minimum Gasteiger partial charge on any atom is -0.508 e. The maximum Gasteiger partial charge on any atom is 0.243 e. The summed E-state index contributed by atoms with van der Waals surface area (Å²) in [6.07, 6.45) is 1.19. The molecule has 19 heavy (non-hydrogen) atoms. The van der Waals surface area contributed by atoms with E-state index in [1.807, 2.05) is 0 Å². The van der Waals surface area contributed by atoms with Crippen LogP contribution in [0.4, 0.5) is 0 Å². The normalized spacial score (nSPS) is 20.4. The molecule has 1 atom stereocenters. The van der Waals surface area contributed by atoms with Crippen molar-refractivity contribution < 1.29 is 18.3 Å². The van der Waals surface area contributed by atoms with E-state index in [4.69, 9.17) is 0 Å². The van der Waals surface area contributed by atoms with E-state index < -0.39 is 16.1 Å². The highest BCUT2D eigenvalue weighted by Crippen LogP contribution is 2.26. The maximum atomic E-state index is 12.4. The van der Waals surface area contributed by atoms with Gasteiger partial charge in [-0.3, -0.25) is 4.79 Å². The third kappa shape index (κ3) is 2.57. The number of sulfonamides is 1. The maximum absolute atomic E-state index is 12.4. The van der Waals surface area contributed by atoms with Gasteiger partial charge in [0.25, 0.3) is 0 Å². The molecule has 6 nitrogen and oxygen atoms in total. The van der Waals surface area contributed by atoms with E-state index in [-0.39, 0.29) is 16.6 Å². The number of carbonyl (C=O) groups excluding carboxylic acids is 1. The summed E-state index contributed by atoms with van der Waals surface area (Å²) in [5.41, 5.74) is 0. The number of rotatable bonds is 3. The first-order valence-corrected chi connectivity index (χ1v) is 7.43. The van der Waals surface area contributed by atoms with Crippen LogP contribution >= 0.6 is 0 Å². The van der Waals surface area contributed by atoms with Crippen LogP contribution in [-0.2, 0) is 14.8 Å². The van der Waals surface area contributed by atoms with Gasteiger partial charge in [0.1, 0.15) is 11.8 Å². The Labute approximate surface area is 112 Å². The summed E-state index contributed by atoms with van der Waals surface area (Å²) in [4.78, 5) is 11.8. The molecule has 0 bridgehead atoms. The molecule has 0 aliphatic carbocycles. The van der Waals surface area contributed by atoms with Crippen LogP contribution in [0.25, 0.3) is 0 Å². The smallest absolute Gasteiger partial charge is 0.243 e. The standard InChI is InChI=1S/C12H16N2O4S/c1-13-12(16)11-3-2-8-14(11)19(17,18)10-6-4-9(15)5-7-10/h4-7,11,15H,2-3,8H2,1H3,(H,13,16). The highest BCUT2D eigenvalue weighted by atomic mass is 32.2. The Morgan fingerprint density at radius 1 is 1.37 bits per heavy atom. The van der Waals surface area contributed by atoms with Crippen LogP contribution in [0, 0.1) is 0 Å². The zero-order chi connectivity index (χ0) is 14.0. The van der Waals surface area contributed by atoms with Crippen LogP contribution in [-0.4, -0.2) is 43.4 Å². The highest BCUT2D eigenvalue weighted by molar-refractivity contribution is 7.89. The van der Waals surface area contributed by atoms with E-state index in [0.29, 0.717) is 19.4 Å². The van der Waals surface area contributed by atoms with E-state index in [1.165, 1.54) is 35.6 Å². The topological polar surface area (TPSA) is 86.7 Å². The Kier molecular flexibility index (Phi) is 3.77. The molecule has 1 aromatic carbocycles. The molecule has 1 aliphatic heterocycles. The molecule has 7 heteroatoms. The Balaban J connectivity index is 2.33. The van der Waals surface area contributed by atoms with Gasteiger partial charge in [-0.25, -0.2) is 8.42 Å². The van der Waals surface area contributed by atoms with Gasteiger partial charge >= 0.3 is 0 Å². The molecule has 0 saturated carbocycles. The number of carbonyl (C=O) groups is 1. The lowest BCUT2D eigenvalue weighted by Crippen LogP contribution is -2.44. The average molecular weight is 284 g/mol. The van der Waals surface area contributed by atoms with Gasteiger partial charge in [-0.15, -0.1) is 0 Å². The molecular formula is C12H16N2O4S. The van der Waals surface area contributed by atoms with Crippen molar-refractivity contribution in [3.8, 4) is 5.75 Å². The molecule has 1 aromatic rings. The minimum absolute atomic E-state index is 0.00298. The summed E-state index contributed by atoms with van der Waals surface area (Å²) in [5.74, 6) is -0.289. The number of phenolic OH excluding ortho intramolecular Hbond substituents is 1. The lowest BCUT2D eigenvalue weighted by molar-refractivity contribution is -0.123. The number of aromatic hydroxyl groups is 1. The number of nitrogens with zero attached hydrogens (tertiary/aromatic N) is 1. The zero-order valence-corrected chi connectivity index (χ0v) is 11.4. The van der Waals surface area contributed by atoms with Gasteiger partial charge in [0.15, 0.2) is 0 Å². The van der Waals surface area contributed by atoms with Crippen LogP contribution in [0.1, 0.15) is 12.8 Å². The molecule has 2 rings (SSSR count). The van der Waals surface area contributed by atoms with E-state index in [2.05, 4.69) is 5.32 Å². The fourth-order valence-electron chi connectivity index (χ4n) is 2.21. The second-order valence-corrected chi connectivity index (χ2v) is 6.27. The van der Waals surface area contributed by atoms with Crippen molar-refractivity contribution in [1.82, 2.24) is 9.62 Å². The van der Waals surface area contributed by atoms with Crippen LogP contribution in [0.5, 0.6) is 5.75 Å². The number of nitrogens with one attached hydrogen (secondary N) is 1. The molecule has 0 aromatic heterocycles. The number of phenols is 1. The summed E-state index contributed by atoms with van der Waals surface area (Å²) in [6, 6.07) is 4.66. The molecular weight excluding hydrogens is 268 g/mol. The quantitative estimate of drug-likeness (QED) is 0.835. The van der Waals surface area contributed by atoms with Crippen molar-refractivity contribution in [2.24, 2.45) is 0 Å². The zero-order valence-electron chi connectivity index (χ0n) is 10.5. The van der Waals surface area contributed by atoms with Crippen LogP contribution in [0.2, 0.25) is 0 Å². The Morgan fingerprint density at radius 2 is 2.00 bits per heavy atom. The van der Waals surface area contributed by atoms with Crippen molar-refractivity contribution in [2.45, 2.75) is 23.8 Å². The van der Waals surface area contributed by atoms with Gasteiger partial charge < -0.3 is 10.4 Å².